The van der Waals surface area contributed by atoms with Crippen LogP contribution in [0.3, 0.4) is 0 Å². The minimum absolute atomic E-state index is 0.665. The first-order chi connectivity index (χ1) is 18.8. The van der Waals surface area contributed by atoms with Crippen molar-refractivity contribution in [3.63, 3.8) is 0 Å². The molecule has 0 spiro atoms. The fraction of sp³-hybridized carbons (Fsp3) is 0. The van der Waals surface area contributed by atoms with E-state index in [-0.39, 0.29) is 0 Å². The van der Waals surface area contributed by atoms with E-state index in [1.807, 2.05) is 60.7 Å². The van der Waals surface area contributed by atoms with Crippen LogP contribution in [0.4, 0.5) is 0 Å². The molecule has 0 amide bonds. The van der Waals surface area contributed by atoms with Gasteiger partial charge in [0.25, 0.3) is 0 Å². The molecule has 3 heteroatoms. The molecule has 0 atom stereocenters. The van der Waals surface area contributed by atoms with Gasteiger partial charge in [0.05, 0.1) is 0 Å². The highest BCUT2D eigenvalue weighted by atomic mass is 15.0. The van der Waals surface area contributed by atoms with Gasteiger partial charge in [0, 0.05) is 16.7 Å². The molecule has 1 aromatic heterocycles. The van der Waals surface area contributed by atoms with Crippen molar-refractivity contribution in [1.29, 1.82) is 0 Å². The van der Waals surface area contributed by atoms with E-state index < -0.39 is 0 Å². The number of fused-ring (bicyclic) bond motifs is 2. The molecule has 1 heterocycles. The third-order valence-corrected chi connectivity index (χ3v) is 6.88. The molecule has 0 aliphatic heterocycles. The molecule has 7 rings (SSSR count). The Morgan fingerprint density at radius 3 is 1.18 bits per heavy atom. The monoisotopic (exact) mass is 485 g/mol. The van der Waals surface area contributed by atoms with Gasteiger partial charge < -0.3 is 0 Å². The van der Waals surface area contributed by atoms with Crippen molar-refractivity contribution in [3.05, 3.63) is 140 Å². The first kappa shape index (κ1) is 22.1. The number of hydrogen-bond acceptors (Lipinski definition) is 3. The van der Waals surface area contributed by atoms with Crippen molar-refractivity contribution in [2.24, 2.45) is 0 Å². The molecule has 178 valence electrons. The Morgan fingerprint density at radius 2 is 0.632 bits per heavy atom. The molecule has 0 saturated heterocycles. The standard InChI is InChI=1S/C35H23N3/c1-3-10-25(11-4-1)33-36-34(26-12-5-2-6-13-26)38-35(37-33)32-20-19-30-22-29(17-18-31(30)23-32)28-16-15-24-9-7-8-14-27(24)21-28/h1-23H. The zero-order valence-electron chi connectivity index (χ0n) is 20.6. The van der Waals surface area contributed by atoms with Gasteiger partial charge in [0.2, 0.25) is 0 Å². The summed E-state index contributed by atoms with van der Waals surface area (Å²) in [6.07, 6.45) is 0. The second kappa shape index (κ2) is 9.38. The summed E-state index contributed by atoms with van der Waals surface area (Å²) in [5, 5.41) is 4.83. The quantitative estimate of drug-likeness (QED) is 0.250. The smallest absolute Gasteiger partial charge is 0.164 e. The topological polar surface area (TPSA) is 38.7 Å². The molecular weight excluding hydrogens is 462 g/mol. The molecular formula is C35H23N3. The van der Waals surface area contributed by atoms with Crippen molar-refractivity contribution in [2.45, 2.75) is 0 Å². The van der Waals surface area contributed by atoms with E-state index >= 15 is 0 Å². The largest absolute Gasteiger partial charge is 0.208 e. The Hall–Kier alpha value is -5.15. The molecule has 0 aliphatic rings. The van der Waals surface area contributed by atoms with Crippen LogP contribution in [0.5, 0.6) is 0 Å². The van der Waals surface area contributed by atoms with Crippen molar-refractivity contribution in [2.75, 3.05) is 0 Å². The van der Waals surface area contributed by atoms with Crippen molar-refractivity contribution in [3.8, 4) is 45.3 Å². The predicted octanol–water partition coefficient (Wildman–Crippen LogP) is 8.85. The van der Waals surface area contributed by atoms with Crippen LogP contribution in [0.1, 0.15) is 0 Å². The van der Waals surface area contributed by atoms with E-state index in [1.165, 1.54) is 27.3 Å². The number of rotatable bonds is 4. The lowest BCUT2D eigenvalue weighted by molar-refractivity contribution is 1.07. The van der Waals surface area contributed by atoms with Gasteiger partial charge in [-0.05, 0) is 50.9 Å². The molecule has 38 heavy (non-hydrogen) atoms. The predicted molar refractivity (Wildman–Crippen MR) is 157 cm³/mol. The van der Waals surface area contributed by atoms with Gasteiger partial charge in [-0.25, -0.2) is 15.0 Å². The van der Waals surface area contributed by atoms with Crippen LogP contribution in [0, 0.1) is 0 Å². The van der Waals surface area contributed by atoms with Gasteiger partial charge in [-0.1, -0.05) is 121 Å². The minimum Gasteiger partial charge on any atom is -0.208 e. The number of benzene rings is 6. The van der Waals surface area contributed by atoms with Crippen molar-refractivity contribution < 1.29 is 0 Å². The molecule has 0 N–H and O–H groups in total. The van der Waals surface area contributed by atoms with E-state index in [2.05, 4.69) is 78.9 Å². The number of hydrogen-bond donors (Lipinski definition) is 0. The Kier molecular flexibility index (Phi) is 5.45. The SMILES string of the molecule is c1ccc(-c2nc(-c3ccccc3)nc(-c3ccc4cc(-c5ccc6ccccc6c5)ccc4c3)n2)cc1. The molecule has 0 unspecified atom stereocenters. The second-order valence-electron chi connectivity index (χ2n) is 9.38. The Balaban J connectivity index is 1.31. The number of nitrogens with zero attached hydrogens (tertiary/aromatic N) is 3. The maximum Gasteiger partial charge on any atom is 0.164 e. The zero-order valence-corrected chi connectivity index (χ0v) is 20.6. The van der Waals surface area contributed by atoms with Gasteiger partial charge >= 0.3 is 0 Å². The first-order valence-electron chi connectivity index (χ1n) is 12.7. The van der Waals surface area contributed by atoms with E-state index in [0.29, 0.717) is 17.5 Å². The summed E-state index contributed by atoms with van der Waals surface area (Å²) in [5.41, 5.74) is 5.32. The van der Waals surface area contributed by atoms with E-state index in [9.17, 15) is 0 Å². The highest BCUT2D eigenvalue weighted by Gasteiger charge is 2.12. The maximum atomic E-state index is 4.88. The van der Waals surface area contributed by atoms with E-state index in [4.69, 9.17) is 15.0 Å². The number of aromatic nitrogens is 3. The van der Waals surface area contributed by atoms with Gasteiger partial charge in [0.1, 0.15) is 0 Å². The molecule has 0 bridgehead atoms. The van der Waals surface area contributed by atoms with Crippen LogP contribution in [0.25, 0.3) is 66.8 Å². The lowest BCUT2D eigenvalue weighted by atomic mass is 9.98. The van der Waals surface area contributed by atoms with Gasteiger partial charge in [-0.3, -0.25) is 0 Å². The van der Waals surface area contributed by atoms with Crippen LogP contribution in [-0.2, 0) is 0 Å². The lowest BCUT2D eigenvalue weighted by Crippen LogP contribution is -2.00. The fourth-order valence-electron chi connectivity index (χ4n) is 4.87. The molecule has 0 saturated carbocycles. The van der Waals surface area contributed by atoms with Crippen LogP contribution >= 0.6 is 0 Å². The average Bonchev–Trinajstić information content (AvgIpc) is 3.01. The third kappa shape index (κ3) is 4.21. The fourth-order valence-corrected chi connectivity index (χ4v) is 4.87. The summed E-state index contributed by atoms with van der Waals surface area (Å²) < 4.78 is 0. The molecule has 6 aromatic carbocycles. The highest BCUT2D eigenvalue weighted by molar-refractivity contribution is 5.92. The first-order valence-corrected chi connectivity index (χ1v) is 12.7. The van der Waals surface area contributed by atoms with Crippen LogP contribution in [0.2, 0.25) is 0 Å². The van der Waals surface area contributed by atoms with Gasteiger partial charge in [-0.2, -0.15) is 0 Å². The van der Waals surface area contributed by atoms with Crippen LogP contribution in [0.15, 0.2) is 140 Å². The average molecular weight is 486 g/mol. The van der Waals surface area contributed by atoms with Gasteiger partial charge in [0.15, 0.2) is 17.5 Å². The van der Waals surface area contributed by atoms with Crippen LogP contribution in [-0.4, -0.2) is 15.0 Å². The highest BCUT2D eigenvalue weighted by Crippen LogP contribution is 2.30. The zero-order chi connectivity index (χ0) is 25.3. The Labute approximate surface area is 221 Å². The molecule has 0 aliphatic carbocycles. The summed E-state index contributed by atoms with van der Waals surface area (Å²) in [7, 11) is 0. The Bertz CT molecular complexity index is 1850. The van der Waals surface area contributed by atoms with Crippen molar-refractivity contribution >= 4 is 21.5 Å². The van der Waals surface area contributed by atoms with Crippen LogP contribution < -0.4 is 0 Å². The van der Waals surface area contributed by atoms with Gasteiger partial charge in [-0.15, -0.1) is 0 Å². The second-order valence-corrected chi connectivity index (χ2v) is 9.38. The minimum atomic E-state index is 0.665. The summed E-state index contributed by atoms with van der Waals surface area (Å²) in [5.74, 6) is 2.00. The summed E-state index contributed by atoms with van der Waals surface area (Å²) in [6, 6.07) is 48.3. The maximum absolute atomic E-state index is 4.88. The Morgan fingerprint density at radius 1 is 0.263 bits per heavy atom. The molecule has 7 aromatic rings. The lowest BCUT2D eigenvalue weighted by Gasteiger charge is -2.10. The summed E-state index contributed by atoms with van der Waals surface area (Å²) >= 11 is 0. The van der Waals surface area contributed by atoms with E-state index in [0.717, 1.165) is 22.1 Å². The van der Waals surface area contributed by atoms with E-state index in [1.54, 1.807) is 0 Å². The summed E-state index contributed by atoms with van der Waals surface area (Å²) in [4.78, 5) is 14.6. The molecule has 0 fully saturated rings. The summed E-state index contributed by atoms with van der Waals surface area (Å²) in [6.45, 7) is 0. The normalized spacial score (nSPS) is 11.2. The molecule has 0 radical (unpaired) electrons. The van der Waals surface area contributed by atoms with Crippen molar-refractivity contribution in [1.82, 2.24) is 15.0 Å². The third-order valence-electron chi connectivity index (χ3n) is 6.88. The molecule has 3 nitrogen and oxygen atoms in total.